The summed E-state index contributed by atoms with van der Waals surface area (Å²) >= 11 is 0. The normalized spacial score (nSPS) is 10.3. The second-order valence-corrected chi connectivity index (χ2v) is 5.80. The van der Waals surface area contributed by atoms with Gasteiger partial charge in [0.2, 0.25) is 0 Å². The lowest BCUT2D eigenvalue weighted by Crippen LogP contribution is -2.08. The first-order valence-corrected chi connectivity index (χ1v) is 8.10. The molecule has 0 saturated carbocycles. The molecule has 0 unspecified atom stereocenters. The molecule has 0 bridgehead atoms. The van der Waals surface area contributed by atoms with Gasteiger partial charge >= 0.3 is 0 Å². The molecular formula is C20H15FN4O2. The van der Waals surface area contributed by atoms with E-state index in [9.17, 15) is 9.18 Å². The van der Waals surface area contributed by atoms with Crippen LogP contribution in [-0.4, -0.2) is 27.8 Å². The molecular weight excluding hydrogens is 347 g/mol. The van der Waals surface area contributed by atoms with Crippen LogP contribution < -0.4 is 4.74 Å². The molecule has 2 aromatic heterocycles. The molecule has 0 amide bonds. The number of Topliss-reactive ketones (excluding diaryl/α,β-unsaturated/α-hetero) is 1. The molecule has 27 heavy (non-hydrogen) atoms. The number of pyridine rings is 1. The van der Waals surface area contributed by atoms with E-state index >= 15 is 0 Å². The first-order valence-electron chi connectivity index (χ1n) is 8.10. The number of methoxy groups -OCH3 is 1. The summed E-state index contributed by atoms with van der Waals surface area (Å²) in [5, 5.41) is 8.70. The summed E-state index contributed by atoms with van der Waals surface area (Å²) in [6.07, 6.45) is 4.89. The molecule has 0 aliphatic heterocycles. The van der Waals surface area contributed by atoms with Crippen LogP contribution in [0.5, 0.6) is 5.75 Å². The fourth-order valence-electron chi connectivity index (χ4n) is 2.50. The predicted octanol–water partition coefficient (Wildman–Crippen LogP) is 2.91. The lowest BCUT2D eigenvalue weighted by molar-refractivity contribution is 0.0986. The maximum atomic E-state index is 13.5. The Hall–Kier alpha value is -3.66. The van der Waals surface area contributed by atoms with Gasteiger partial charge in [0.1, 0.15) is 11.8 Å². The van der Waals surface area contributed by atoms with Gasteiger partial charge in [0.05, 0.1) is 25.9 Å². The van der Waals surface area contributed by atoms with Crippen LogP contribution in [0.15, 0.2) is 48.9 Å². The van der Waals surface area contributed by atoms with Gasteiger partial charge in [-0.25, -0.2) is 14.4 Å². The molecule has 0 spiro atoms. The quantitative estimate of drug-likeness (QED) is 0.627. The Balaban J connectivity index is 1.66. The number of nitrogens with zero attached hydrogens (tertiary/aromatic N) is 4. The van der Waals surface area contributed by atoms with Gasteiger partial charge in [0.25, 0.3) is 0 Å². The summed E-state index contributed by atoms with van der Waals surface area (Å²) in [6, 6.07) is 10.2. The minimum Gasteiger partial charge on any atom is -0.494 e. The molecule has 7 heteroatoms. The summed E-state index contributed by atoms with van der Waals surface area (Å²) < 4.78 is 18.5. The number of halogens is 1. The van der Waals surface area contributed by atoms with Crippen LogP contribution in [0, 0.1) is 17.1 Å². The van der Waals surface area contributed by atoms with Crippen LogP contribution in [0.25, 0.3) is 0 Å². The highest BCUT2D eigenvalue weighted by molar-refractivity contribution is 5.95. The zero-order valence-corrected chi connectivity index (χ0v) is 14.5. The highest BCUT2D eigenvalue weighted by Gasteiger charge is 2.11. The molecule has 0 radical (unpaired) electrons. The number of hydrogen-bond donors (Lipinski definition) is 0. The van der Waals surface area contributed by atoms with Crippen molar-refractivity contribution >= 4 is 5.78 Å². The number of nitriles is 1. The number of benzene rings is 1. The Morgan fingerprint density at radius 3 is 2.56 bits per heavy atom. The van der Waals surface area contributed by atoms with Crippen molar-refractivity contribution in [3.8, 4) is 11.8 Å². The first kappa shape index (κ1) is 18.1. The fourth-order valence-corrected chi connectivity index (χ4v) is 2.50. The minimum atomic E-state index is -0.404. The van der Waals surface area contributed by atoms with Crippen molar-refractivity contribution in [1.82, 2.24) is 15.0 Å². The van der Waals surface area contributed by atoms with E-state index in [-0.39, 0.29) is 29.3 Å². The highest BCUT2D eigenvalue weighted by Crippen LogP contribution is 2.20. The van der Waals surface area contributed by atoms with Gasteiger partial charge in [0, 0.05) is 11.9 Å². The summed E-state index contributed by atoms with van der Waals surface area (Å²) in [5.74, 6) is -0.430. The van der Waals surface area contributed by atoms with Gasteiger partial charge in [-0.2, -0.15) is 5.26 Å². The zero-order chi connectivity index (χ0) is 19.2. The average molecular weight is 362 g/mol. The molecule has 0 saturated heterocycles. The third kappa shape index (κ3) is 4.50. The maximum Gasteiger partial charge on any atom is 0.188 e. The van der Waals surface area contributed by atoms with E-state index in [1.807, 2.05) is 12.1 Å². The van der Waals surface area contributed by atoms with Gasteiger partial charge < -0.3 is 4.74 Å². The SMILES string of the molecule is COc1cc(Cc2ccc(CC(=O)c3cnc(C#N)cn3)nc2)ccc1F. The van der Waals surface area contributed by atoms with Crippen LogP contribution in [0.2, 0.25) is 0 Å². The summed E-state index contributed by atoms with van der Waals surface area (Å²) in [7, 11) is 1.42. The number of ketones is 1. The van der Waals surface area contributed by atoms with E-state index in [1.165, 1.54) is 25.6 Å². The molecule has 0 aliphatic carbocycles. The van der Waals surface area contributed by atoms with E-state index in [1.54, 1.807) is 24.4 Å². The van der Waals surface area contributed by atoms with E-state index in [0.717, 1.165) is 11.1 Å². The molecule has 3 rings (SSSR count). The van der Waals surface area contributed by atoms with Crippen molar-refractivity contribution in [2.24, 2.45) is 0 Å². The van der Waals surface area contributed by atoms with Crippen LogP contribution in [-0.2, 0) is 12.8 Å². The van der Waals surface area contributed by atoms with Gasteiger partial charge in [-0.3, -0.25) is 9.78 Å². The van der Waals surface area contributed by atoms with Crippen molar-refractivity contribution in [1.29, 1.82) is 5.26 Å². The Kier molecular flexibility index (Phi) is 5.47. The largest absolute Gasteiger partial charge is 0.494 e. The fraction of sp³-hybridized carbons (Fsp3) is 0.150. The molecule has 0 fully saturated rings. The highest BCUT2D eigenvalue weighted by atomic mass is 19.1. The summed E-state index contributed by atoms with van der Waals surface area (Å²) in [6.45, 7) is 0. The van der Waals surface area contributed by atoms with E-state index < -0.39 is 5.82 Å². The lowest BCUT2D eigenvalue weighted by atomic mass is 10.1. The molecule has 0 N–H and O–H groups in total. The number of ether oxygens (including phenoxy) is 1. The van der Waals surface area contributed by atoms with Crippen LogP contribution in [0.3, 0.4) is 0 Å². The number of hydrogen-bond acceptors (Lipinski definition) is 6. The zero-order valence-electron chi connectivity index (χ0n) is 14.5. The Morgan fingerprint density at radius 2 is 1.93 bits per heavy atom. The molecule has 0 atom stereocenters. The van der Waals surface area contributed by atoms with Crippen molar-refractivity contribution in [3.05, 3.63) is 82.9 Å². The Labute approximate surface area is 155 Å². The Bertz CT molecular complexity index is 996. The second kappa shape index (κ2) is 8.15. The van der Waals surface area contributed by atoms with Crippen LogP contribution in [0.4, 0.5) is 4.39 Å². The molecule has 3 aromatic rings. The summed E-state index contributed by atoms with van der Waals surface area (Å²) in [4.78, 5) is 24.3. The van der Waals surface area contributed by atoms with Gasteiger partial charge in [-0.05, 0) is 35.7 Å². The van der Waals surface area contributed by atoms with Crippen molar-refractivity contribution < 1.29 is 13.9 Å². The number of carbonyl (C=O) groups is 1. The van der Waals surface area contributed by atoms with Gasteiger partial charge in [0.15, 0.2) is 23.0 Å². The van der Waals surface area contributed by atoms with E-state index in [4.69, 9.17) is 10.00 Å². The minimum absolute atomic E-state index is 0.0885. The summed E-state index contributed by atoms with van der Waals surface area (Å²) in [5.41, 5.74) is 2.78. The van der Waals surface area contributed by atoms with Crippen LogP contribution in [0.1, 0.15) is 33.0 Å². The van der Waals surface area contributed by atoms with Gasteiger partial charge in [-0.1, -0.05) is 12.1 Å². The molecule has 6 nitrogen and oxygen atoms in total. The molecule has 2 heterocycles. The predicted molar refractivity (Wildman–Crippen MR) is 94.8 cm³/mol. The molecule has 134 valence electrons. The lowest BCUT2D eigenvalue weighted by Gasteiger charge is -2.07. The third-order valence-electron chi connectivity index (χ3n) is 3.90. The van der Waals surface area contributed by atoms with E-state index in [0.29, 0.717) is 12.1 Å². The average Bonchev–Trinajstić information content (AvgIpc) is 2.71. The van der Waals surface area contributed by atoms with Crippen molar-refractivity contribution in [3.63, 3.8) is 0 Å². The van der Waals surface area contributed by atoms with E-state index in [2.05, 4.69) is 15.0 Å². The van der Waals surface area contributed by atoms with Crippen molar-refractivity contribution in [2.45, 2.75) is 12.8 Å². The van der Waals surface area contributed by atoms with Crippen molar-refractivity contribution in [2.75, 3.05) is 7.11 Å². The Morgan fingerprint density at radius 1 is 1.11 bits per heavy atom. The standard InChI is InChI=1S/C20H15FN4O2/c1-27-20-7-13(3-5-17(20)21)6-14-2-4-15(23-10-14)8-19(26)18-12-24-16(9-22)11-25-18/h2-5,7,10-12H,6,8H2,1H3. The smallest absolute Gasteiger partial charge is 0.188 e. The monoisotopic (exact) mass is 362 g/mol. The van der Waals surface area contributed by atoms with Gasteiger partial charge in [-0.15, -0.1) is 0 Å². The molecule has 1 aromatic carbocycles. The number of rotatable bonds is 6. The van der Waals surface area contributed by atoms with Crippen LogP contribution >= 0.6 is 0 Å². The first-order chi connectivity index (χ1) is 13.1. The maximum absolute atomic E-state index is 13.5. The number of carbonyl (C=O) groups excluding carboxylic acids is 1. The second-order valence-electron chi connectivity index (χ2n) is 5.80. The third-order valence-corrected chi connectivity index (χ3v) is 3.90. The molecule has 0 aliphatic rings. The topological polar surface area (TPSA) is 88.8 Å². The number of aromatic nitrogens is 3.